The fraction of sp³-hybridized carbons (Fsp3) is 0.417. The van der Waals surface area contributed by atoms with E-state index in [4.69, 9.17) is 10.5 Å². The van der Waals surface area contributed by atoms with Gasteiger partial charge in [0, 0.05) is 29.8 Å². The highest BCUT2D eigenvalue weighted by Gasteiger charge is 2.59. The van der Waals surface area contributed by atoms with Crippen LogP contribution >= 0.6 is 0 Å². The number of anilines is 1. The molecule has 2 aliphatic rings. The maximum Gasteiger partial charge on any atom is 0.416 e. The van der Waals surface area contributed by atoms with E-state index in [0.29, 0.717) is 18.5 Å². The third-order valence-corrected chi connectivity index (χ3v) is 6.52. The van der Waals surface area contributed by atoms with E-state index in [9.17, 15) is 22.8 Å². The minimum atomic E-state index is -4.83. The molecule has 1 spiro atoms. The van der Waals surface area contributed by atoms with Crippen molar-refractivity contribution in [2.75, 3.05) is 37.7 Å². The Morgan fingerprint density at radius 1 is 1.21 bits per heavy atom. The maximum atomic E-state index is 14.3. The Bertz CT molecular complexity index is 1100. The number of amides is 2. The highest BCUT2D eigenvalue weighted by Crippen LogP contribution is 2.54. The number of rotatable bonds is 6. The zero-order valence-corrected chi connectivity index (χ0v) is 18.5. The molecule has 1 atom stereocenters. The number of alkyl halides is 3. The van der Waals surface area contributed by atoms with Gasteiger partial charge in [0.1, 0.15) is 0 Å². The molecular formula is C24H26F3N3O3. The smallest absolute Gasteiger partial charge is 0.366 e. The van der Waals surface area contributed by atoms with Crippen molar-refractivity contribution in [3.05, 3.63) is 64.2 Å². The maximum absolute atomic E-state index is 14.3. The molecular weight excluding hydrogens is 435 g/mol. The molecule has 2 amide bonds. The van der Waals surface area contributed by atoms with Gasteiger partial charge < -0.3 is 20.3 Å². The van der Waals surface area contributed by atoms with Gasteiger partial charge in [0.25, 0.3) is 5.91 Å². The summed E-state index contributed by atoms with van der Waals surface area (Å²) in [4.78, 5) is 29.2. The normalized spacial score (nSPS) is 19.8. The van der Waals surface area contributed by atoms with Gasteiger partial charge in [-0.2, -0.15) is 13.2 Å². The molecule has 0 bridgehead atoms. The third-order valence-electron chi connectivity index (χ3n) is 6.52. The molecule has 0 fully saturated rings. The average Bonchev–Trinajstić information content (AvgIpc) is 3.02. The molecule has 0 radical (unpaired) electrons. The topological polar surface area (TPSA) is 75.9 Å². The number of benzene rings is 2. The van der Waals surface area contributed by atoms with E-state index < -0.39 is 29.2 Å². The molecule has 2 aromatic carbocycles. The Morgan fingerprint density at radius 2 is 1.91 bits per heavy atom. The number of fused-ring (bicyclic) bond motifs is 4. The number of nitrogens with zero attached hydrogens (tertiary/aromatic N) is 2. The molecule has 1 unspecified atom stereocenters. The van der Waals surface area contributed by atoms with Crippen molar-refractivity contribution in [1.82, 2.24) is 4.90 Å². The molecule has 0 aliphatic carbocycles. The predicted octanol–water partition coefficient (Wildman–Crippen LogP) is 3.31. The van der Waals surface area contributed by atoms with Crippen LogP contribution in [0.2, 0.25) is 0 Å². The van der Waals surface area contributed by atoms with Crippen LogP contribution in [0.5, 0.6) is 0 Å². The van der Waals surface area contributed by atoms with Crippen molar-refractivity contribution in [2.45, 2.75) is 32.0 Å². The highest BCUT2D eigenvalue weighted by molar-refractivity contribution is 6.11. The van der Waals surface area contributed by atoms with E-state index in [2.05, 4.69) is 4.90 Å². The lowest BCUT2D eigenvalue weighted by molar-refractivity contribution is -0.146. The standard InChI is InChI=1S/C24H26F3N3O3/c1-3-29(4-2)10-11-30-19-14-16(21(28)31)13-18(24(25,26)27)20(19)23(22(30)32)17-8-6-5-7-15(17)9-12-33-23/h5-8,13-14H,3-4,9-12H2,1-2H3,(H2,28,31). The summed E-state index contributed by atoms with van der Waals surface area (Å²) in [5, 5.41) is 0. The number of hydrogen-bond acceptors (Lipinski definition) is 4. The van der Waals surface area contributed by atoms with Gasteiger partial charge in [-0.3, -0.25) is 9.59 Å². The second-order valence-electron chi connectivity index (χ2n) is 8.20. The molecule has 9 heteroatoms. The van der Waals surface area contributed by atoms with Crippen molar-refractivity contribution in [3.63, 3.8) is 0 Å². The Kier molecular flexibility index (Phi) is 5.96. The molecule has 0 saturated heterocycles. The summed E-state index contributed by atoms with van der Waals surface area (Å²) in [7, 11) is 0. The first-order chi connectivity index (χ1) is 15.6. The summed E-state index contributed by atoms with van der Waals surface area (Å²) >= 11 is 0. The van der Waals surface area contributed by atoms with Crippen LogP contribution in [0.25, 0.3) is 0 Å². The van der Waals surface area contributed by atoms with Crippen molar-refractivity contribution in [2.24, 2.45) is 5.73 Å². The van der Waals surface area contributed by atoms with Gasteiger partial charge in [0.15, 0.2) is 5.60 Å². The number of nitrogens with two attached hydrogens (primary N) is 1. The van der Waals surface area contributed by atoms with Gasteiger partial charge in [-0.15, -0.1) is 0 Å². The van der Waals surface area contributed by atoms with Gasteiger partial charge in [-0.1, -0.05) is 38.1 Å². The van der Waals surface area contributed by atoms with Crippen molar-refractivity contribution >= 4 is 17.5 Å². The Balaban J connectivity index is 2.00. The van der Waals surface area contributed by atoms with Crippen LogP contribution in [-0.4, -0.2) is 49.5 Å². The van der Waals surface area contributed by atoms with Crippen molar-refractivity contribution in [3.8, 4) is 0 Å². The van der Waals surface area contributed by atoms with Crippen LogP contribution in [0.3, 0.4) is 0 Å². The van der Waals surface area contributed by atoms with Crippen molar-refractivity contribution in [1.29, 1.82) is 0 Å². The fourth-order valence-corrected chi connectivity index (χ4v) is 4.84. The minimum Gasteiger partial charge on any atom is -0.366 e. The van der Waals surface area contributed by atoms with Crippen molar-refractivity contribution < 1.29 is 27.5 Å². The first kappa shape index (κ1) is 23.3. The first-order valence-corrected chi connectivity index (χ1v) is 11.0. The quantitative estimate of drug-likeness (QED) is 0.716. The number of carbonyl (C=O) groups is 2. The second kappa shape index (κ2) is 8.46. The molecule has 2 heterocycles. The Morgan fingerprint density at radius 3 is 2.55 bits per heavy atom. The third kappa shape index (κ3) is 3.69. The van der Waals surface area contributed by atoms with E-state index >= 15 is 0 Å². The predicted molar refractivity (Wildman–Crippen MR) is 117 cm³/mol. The van der Waals surface area contributed by atoms with E-state index in [1.54, 1.807) is 24.3 Å². The SMILES string of the molecule is CCN(CC)CCN1C(=O)C2(OCCc3ccccc32)c2c1cc(C(N)=O)cc2C(F)(F)F. The largest absolute Gasteiger partial charge is 0.416 e. The first-order valence-electron chi connectivity index (χ1n) is 11.0. The number of halogens is 3. The molecule has 2 aliphatic heterocycles. The van der Waals surface area contributed by atoms with Gasteiger partial charge in [-0.05, 0) is 37.2 Å². The monoisotopic (exact) mass is 461 g/mol. The van der Waals surface area contributed by atoms with Gasteiger partial charge in [0.05, 0.1) is 17.9 Å². The summed E-state index contributed by atoms with van der Waals surface area (Å²) in [6.07, 6.45) is -4.34. The molecule has 4 rings (SSSR count). The van der Waals surface area contributed by atoms with Crippen LogP contribution in [0, 0.1) is 0 Å². The second-order valence-corrected chi connectivity index (χ2v) is 8.20. The van der Waals surface area contributed by atoms with Gasteiger partial charge >= 0.3 is 6.18 Å². The Hall–Kier alpha value is -2.91. The molecule has 2 aromatic rings. The highest BCUT2D eigenvalue weighted by atomic mass is 19.4. The summed E-state index contributed by atoms with van der Waals surface area (Å²) in [6, 6.07) is 8.93. The summed E-state index contributed by atoms with van der Waals surface area (Å²) in [5.74, 6) is -1.57. The lowest BCUT2D eigenvalue weighted by Crippen LogP contribution is -2.48. The number of primary amides is 1. The van der Waals surface area contributed by atoms with Crippen LogP contribution in [0.1, 0.15) is 46.5 Å². The molecule has 33 heavy (non-hydrogen) atoms. The number of likely N-dealkylation sites (N-methyl/N-ethyl adjacent to an activating group) is 1. The van der Waals surface area contributed by atoms with Crippen LogP contribution in [-0.2, 0) is 27.7 Å². The Labute approximate surface area is 190 Å². The number of ether oxygens (including phenoxy) is 1. The minimum absolute atomic E-state index is 0.0208. The number of carbonyl (C=O) groups excluding carboxylic acids is 2. The number of hydrogen-bond donors (Lipinski definition) is 1. The van der Waals surface area contributed by atoms with Crippen LogP contribution < -0.4 is 10.6 Å². The lowest BCUT2D eigenvalue weighted by atomic mass is 9.79. The van der Waals surface area contributed by atoms with E-state index in [0.717, 1.165) is 24.7 Å². The van der Waals surface area contributed by atoms with Gasteiger partial charge in [0.2, 0.25) is 5.91 Å². The molecule has 6 nitrogen and oxygen atoms in total. The molecule has 0 aromatic heterocycles. The van der Waals surface area contributed by atoms with E-state index in [1.807, 2.05) is 13.8 Å². The average molecular weight is 461 g/mol. The zero-order valence-electron chi connectivity index (χ0n) is 18.5. The van der Waals surface area contributed by atoms with Gasteiger partial charge in [-0.25, -0.2) is 0 Å². The zero-order chi connectivity index (χ0) is 24.0. The fourth-order valence-electron chi connectivity index (χ4n) is 4.84. The van der Waals surface area contributed by atoms with E-state index in [-0.39, 0.29) is 30.0 Å². The molecule has 0 saturated carbocycles. The molecule has 2 N–H and O–H groups in total. The summed E-state index contributed by atoms with van der Waals surface area (Å²) < 4.78 is 49.0. The lowest BCUT2D eigenvalue weighted by Gasteiger charge is -2.36. The molecule has 176 valence electrons. The summed E-state index contributed by atoms with van der Waals surface area (Å²) in [6.45, 7) is 6.10. The van der Waals surface area contributed by atoms with Crippen LogP contribution in [0.4, 0.5) is 18.9 Å². The van der Waals surface area contributed by atoms with Crippen LogP contribution in [0.15, 0.2) is 36.4 Å². The van der Waals surface area contributed by atoms with E-state index in [1.165, 1.54) is 11.0 Å². The summed E-state index contributed by atoms with van der Waals surface area (Å²) in [5.41, 5.74) is 2.98.